The van der Waals surface area contributed by atoms with Crippen molar-refractivity contribution in [1.29, 1.82) is 0 Å². The number of anilines is 1. The third-order valence-electron chi connectivity index (χ3n) is 5.74. The van der Waals surface area contributed by atoms with Gasteiger partial charge < -0.3 is 14.4 Å². The van der Waals surface area contributed by atoms with Gasteiger partial charge in [-0.1, -0.05) is 18.2 Å². The van der Waals surface area contributed by atoms with Crippen LogP contribution >= 0.6 is 11.8 Å². The van der Waals surface area contributed by atoms with E-state index in [1.165, 1.54) is 11.8 Å². The number of benzene rings is 2. The maximum Gasteiger partial charge on any atom is 0.266 e. The molecule has 0 saturated carbocycles. The fourth-order valence-corrected chi connectivity index (χ4v) is 5.34. The molecule has 30 heavy (non-hydrogen) atoms. The van der Waals surface area contributed by atoms with E-state index in [2.05, 4.69) is 0 Å². The summed E-state index contributed by atoms with van der Waals surface area (Å²) in [5.74, 6) is 1.49. The number of carbonyl (C=O) groups excluding carboxylic acids is 2. The number of hydrazine groups is 1. The molecule has 0 bridgehead atoms. The van der Waals surface area contributed by atoms with Crippen LogP contribution in [0.2, 0.25) is 0 Å². The second-order valence-corrected chi connectivity index (χ2v) is 8.39. The molecule has 0 N–H and O–H groups in total. The molecule has 0 spiro atoms. The lowest BCUT2D eigenvalue weighted by molar-refractivity contribution is -0.136. The number of methoxy groups -OCH3 is 2. The zero-order valence-electron chi connectivity index (χ0n) is 17.4. The molecule has 2 fully saturated rings. The Bertz CT molecular complexity index is 955. The molecule has 7 nitrogen and oxygen atoms in total. The lowest BCUT2D eigenvalue weighted by Gasteiger charge is -2.31. The Balaban J connectivity index is 1.71. The highest BCUT2D eigenvalue weighted by molar-refractivity contribution is 8.00. The maximum atomic E-state index is 13.5. The summed E-state index contributed by atoms with van der Waals surface area (Å²) in [6.45, 7) is 1.98. The van der Waals surface area contributed by atoms with Gasteiger partial charge in [0.2, 0.25) is 5.91 Å². The number of para-hydroxylation sites is 1. The molecule has 2 aromatic carbocycles. The molecule has 158 valence electrons. The van der Waals surface area contributed by atoms with E-state index in [0.29, 0.717) is 17.3 Å². The zero-order valence-corrected chi connectivity index (χ0v) is 18.3. The first-order valence-corrected chi connectivity index (χ1v) is 10.8. The number of likely N-dealkylation sites (N-methyl/N-ethyl adjacent to an activating group) is 1. The van der Waals surface area contributed by atoms with Crippen LogP contribution in [0.3, 0.4) is 0 Å². The van der Waals surface area contributed by atoms with Gasteiger partial charge in [-0.25, -0.2) is 10.0 Å². The van der Waals surface area contributed by atoms with Crippen molar-refractivity contribution in [2.45, 2.75) is 24.4 Å². The summed E-state index contributed by atoms with van der Waals surface area (Å²) >= 11 is 1.51. The molecule has 2 saturated heterocycles. The number of amides is 2. The Hall–Kier alpha value is -2.71. The molecule has 2 aromatic rings. The van der Waals surface area contributed by atoms with Gasteiger partial charge in [-0.15, -0.1) is 11.8 Å². The number of rotatable bonds is 5. The van der Waals surface area contributed by atoms with Crippen molar-refractivity contribution >= 4 is 29.3 Å². The first kappa shape index (κ1) is 20.6. The van der Waals surface area contributed by atoms with Gasteiger partial charge in [-0.2, -0.15) is 0 Å². The van der Waals surface area contributed by atoms with Crippen molar-refractivity contribution in [3.63, 3.8) is 0 Å². The monoisotopic (exact) mass is 427 g/mol. The van der Waals surface area contributed by atoms with Crippen molar-refractivity contribution in [2.24, 2.45) is 0 Å². The fraction of sp³-hybridized carbons (Fsp3) is 0.364. The average molecular weight is 428 g/mol. The summed E-state index contributed by atoms with van der Waals surface area (Å²) in [4.78, 5) is 28.2. The van der Waals surface area contributed by atoms with Crippen molar-refractivity contribution in [1.82, 2.24) is 9.91 Å². The summed E-state index contributed by atoms with van der Waals surface area (Å²) in [6, 6.07) is 14.3. The molecule has 0 radical (unpaired) electrons. The second-order valence-electron chi connectivity index (χ2n) is 7.32. The molecule has 8 heteroatoms. The number of ether oxygens (including phenoxy) is 2. The summed E-state index contributed by atoms with van der Waals surface area (Å²) < 4.78 is 10.9. The van der Waals surface area contributed by atoms with E-state index in [-0.39, 0.29) is 23.2 Å². The Morgan fingerprint density at radius 3 is 2.43 bits per heavy atom. The molecule has 0 unspecified atom stereocenters. The van der Waals surface area contributed by atoms with E-state index in [1.807, 2.05) is 61.4 Å². The molecule has 2 aliphatic rings. The van der Waals surface area contributed by atoms with Crippen molar-refractivity contribution in [3.8, 4) is 11.5 Å². The number of nitrogens with zero attached hydrogens (tertiary/aromatic N) is 3. The van der Waals surface area contributed by atoms with Gasteiger partial charge in [-0.05, 0) is 31.2 Å². The molecule has 4 rings (SSSR count). The van der Waals surface area contributed by atoms with Gasteiger partial charge in [0.25, 0.3) is 5.91 Å². The second kappa shape index (κ2) is 8.20. The lowest BCUT2D eigenvalue weighted by atomic mass is 10.1. The topological polar surface area (TPSA) is 62.3 Å². The van der Waals surface area contributed by atoms with Crippen LogP contribution in [-0.4, -0.2) is 60.8 Å². The minimum Gasteiger partial charge on any atom is -0.497 e. The van der Waals surface area contributed by atoms with Crippen LogP contribution in [-0.2, 0) is 9.59 Å². The van der Waals surface area contributed by atoms with E-state index in [9.17, 15) is 9.59 Å². The Morgan fingerprint density at radius 2 is 1.77 bits per heavy atom. The Kier molecular flexibility index (Phi) is 5.62. The van der Waals surface area contributed by atoms with Gasteiger partial charge in [0.1, 0.15) is 22.9 Å². The largest absolute Gasteiger partial charge is 0.497 e. The minimum absolute atomic E-state index is 0.0450. The van der Waals surface area contributed by atoms with Gasteiger partial charge in [0, 0.05) is 18.7 Å². The standard InChI is InChI=1S/C22H25N3O4S/c1-14-20(21(27)25(23(14)2)15-8-6-5-7-9-15)24-19(26)13-30-22(24)17-11-10-16(28-3)12-18(17)29-4/h5-12,14,20,22H,13H2,1-4H3/t14-,20-,22-/m1/s1. The highest BCUT2D eigenvalue weighted by Crippen LogP contribution is 2.46. The molecule has 0 aliphatic carbocycles. The summed E-state index contributed by atoms with van der Waals surface area (Å²) in [6.07, 6.45) is 0. The molecule has 0 aromatic heterocycles. The van der Waals surface area contributed by atoms with Crippen LogP contribution < -0.4 is 14.5 Å². The fourth-order valence-electron chi connectivity index (χ4n) is 4.10. The molecular formula is C22H25N3O4S. The van der Waals surface area contributed by atoms with E-state index >= 15 is 0 Å². The smallest absolute Gasteiger partial charge is 0.266 e. The summed E-state index contributed by atoms with van der Waals surface area (Å²) in [5.41, 5.74) is 1.65. The SMILES string of the molecule is COc1ccc([C@H]2SCC(=O)N2[C@H]2C(=O)N(c3ccccc3)N(C)[C@@H]2C)c(OC)c1. The number of thioether (sulfide) groups is 1. The normalized spacial score (nSPS) is 24.6. The van der Waals surface area contributed by atoms with E-state index in [1.54, 1.807) is 30.2 Å². The van der Waals surface area contributed by atoms with Crippen LogP contribution in [0.25, 0.3) is 0 Å². The third kappa shape index (κ3) is 3.30. The first-order valence-electron chi connectivity index (χ1n) is 9.74. The van der Waals surface area contributed by atoms with E-state index in [0.717, 1.165) is 11.3 Å². The highest BCUT2D eigenvalue weighted by Gasteiger charge is 2.52. The van der Waals surface area contributed by atoms with Crippen molar-refractivity contribution < 1.29 is 19.1 Å². The third-order valence-corrected chi connectivity index (χ3v) is 6.95. The van der Waals surface area contributed by atoms with Crippen LogP contribution in [0.5, 0.6) is 11.5 Å². The maximum absolute atomic E-state index is 13.5. The van der Waals surface area contributed by atoms with Crippen molar-refractivity contribution in [3.05, 3.63) is 54.1 Å². The zero-order chi connectivity index (χ0) is 21.4. The van der Waals surface area contributed by atoms with Gasteiger partial charge in [0.15, 0.2) is 0 Å². The predicted octanol–water partition coefficient (Wildman–Crippen LogP) is 2.93. The summed E-state index contributed by atoms with van der Waals surface area (Å²) in [7, 11) is 5.08. The van der Waals surface area contributed by atoms with Gasteiger partial charge >= 0.3 is 0 Å². The van der Waals surface area contributed by atoms with Gasteiger partial charge in [-0.3, -0.25) is 9.59 Å². The Morgan fingerprint density at radius 1 is 1.03 bits per heavy atom. The van der Waals surface area contributed by atoms with Crippen molar-refractivity contribution in [2.75, 3.05) is 32.0 Å². The minimum atomic E-state index is -0.588. The average Bonchev–Trinajstić information content (AvgIpc) is 3.24. The molecule has 3 atom stereocenters. The van der Waals surface area contributed by atoms with E-state index in [4.69, 9.17) is 9.47 Å². The summed E-state index contributed by atoms with van der Waals surface area (Å²) in [5, 5.41) is 3.26. The number of hydrogen-bond acceptors (Lipinski definition) is 6. The highest BCUT2D eigenvalue weighted by atomic mass is 32.2. The molecular weight excluding hydrogens is 402 g/mol. The van der Waals surface area contributed by atoms with E-state index < -0.39 is 6.04 Å². The van der Waals surface area contributed by atoms with Crippen LogP contribution in [0.1, 0.15) is 17.9 Å². The van der Waals surface area contributed by atoms with Crippen LogP contribution in [0.4, 0.5) is 5.69 Å². The molecule has 2 aliphatic heterocycles. The molecule has 2 amide bonds. The first-order chi connectivity index (χ1) is 14.5. The number of carbonyl (C=O) groups is 2. The number of hydrogen-bond donors (Lipinski definition) is 0. The lowest BCUT2D eigenvalue weighted by Crippen LogP contribution is -2.47. The van der Waals surface area contributed by atoms with Gasteiger partial charge in [0.05, 0.1) is 31.7 Å². The quantitative estimate of drug-likeness (QED) is 0.731. The Labute approximate surface area is 180 Å². The molecule has 2 heterocycles. The predicted molar refractivity (Wildman–Crippen MR) is 117 cm³/mol. The van der Waals surface area contributed by atoms with Crippen LogP contribution in [0.15, 0.2) is 48.5 Å². The van der Waals surface area contributed by atoms with Crippen LogP contribution in [0, 0.1) is 0 Å².